The van der Waals surface area contributed by atoms with Crippen LogP contribution < -0.4 is 11.1 Å². The van der Waals surface area contributed by atoms with Gasteiger partial charge in [0.05, 0.1) is 5.54 Å². The monoisotopic (exact) mass is 200 g/mol. The van der Waals surface area contributed by atoms with E-state index in [1.54, 1.807) is 0 Å². The molecular formula is C10H20N2O2. The number of hydrogen-bond donors (Lipinski definition) is 2. The number of hydrogen-bond acceptors (Lipinski definition) is 3. The third-order valence-electron chi connectivity index (χ3n) is 2.33. The molecule has 3 N–H and O–H groups in total. The predicted octanol–water partition coefficient (Wildman–Crippen LogP) is 0.409. The Morgan fingerprint density at radius 3 is 2.29 bits per heavy atom. The fourth-order valence-corrected chi connectivity index (χ4v) is 1.43. The van der Waals surface area contributed by atoms with E-state index in [4.69, 9.17) is 10.5 Å². The molecule has 0 bridgehead atoms. The maximum Gasteiger partial charge on any atom is 0.240 e. The minimum Gasteiger partial charge on any atom is -0.381 e. The molecule has 1 aliphatic heterocycles. The van der Waals surface area contributed by atoms with Crippen molar-refractivity contribution >= 4 is 5.91 Å². The highest BCUT2D eigenvalue weighted by molar-refractivity contribution is 5.86. The van der Waals surface area contributed by atoms with Crippen LogP contribution in [0.4, 0.5) is 0 Å². The molecule has 1 saturated heterocycles. The SMILES string of the molecule is CC(C)(C)NC(=O)C1(N)CCOCC1. The van der Waals surface area contributed by atoms with Gasteiger partial charge in [-0.05, 0) is 33.6 Å². The van der Waals surface area contributed by atoms with Crippen LogP contribution in [-0.4, -0.2) is 30.2 Å². The number of rotatable bonds is 1. The Labute approximate surface area is 85.2 Å². The number of nitrogens with one attached hydrogen (secondary N) is 1. The van der Waals surface area contributed by atoms with Crippen molar-refractivity contribution < 1.29 is 9.53 Å². The summed E-state index contributed by atoms with van der Waals surface area (Å²) < 4.78 is 5.19. The first-order chi connectivity index (χ1) is 6.33. The molecule has 1 aliphatic rings. The van der Waals surface area contributed by atoms with Crippen molar-refractivity contribution in [1.82, 2.24) is 5.32 Å². The van der Waals surface area contributed by atoms with Gasteiger partial charge in [-0.3, -0.25) is 4.79 Å². The summed E-state index contributed by atoms with van der Waals surface area (Å²) >= 11 is 0. The molecule has 0 aromatic rings. The van der Waals surface area contributed by atoms with Crippen molar-refractivity contribution in [2.45, 2.75) is 44.7 Å². The average molecular weight is 200 g/mol. The predicted molar refractivity (Wildman–Crippen MR) is 54.9 cm³/mol. The minimum absolute atomic E-state index is 0.0618. The lowest BCUT2D eigenvalue weighted by Crippen LogP contribution is -2.60. The normalized spacial score (nSPS) is 21.7. The Morgan fingerprint density at radius 1 is 1.36 bits per heavy atom. The second kappa shape index (κ2) is 3.87. The standard InChI is InChI=1S/C10H20N2O2/c1-9(2,3)12-8(13)10(11)4-6-14-7-5-10/h4-7,11H2,1-3H3,(H,12,13). The molecular weight excluding hydrogens is 180 g/mol. The van der Waals surface area contributed by atoms with E-state index in [0.717, 1.165) is 0 Å². The lowest BCUT2D eigenvalue weighted by atomic mass is 9.89. The highest BCUT2D eigenvalue weighted by atomic mass is 16.5. The smallest absolute Gasteiger partial charge is 0.240 e. The van der Waals surface area contributed by atoms with Gasteiger partial charge in [0, 0.05) is 18.8 Å². The van der Waals surface area contributed by atoms with Gasteiger partial charge >= 0.3 is 0 Å². The molecule has 14 heavy (non-hydrogen) atoms. The Bertz CT molecular complexity index is 215. The van der Waals surface area contributed by atoms with E-state index in [-0.39, 0.29) is 11.4 Å². The number of ether oxygens (including phenoxy) is 1. The van der Waals surface area contributed by atoms with Crippen molar-refractivity contribution in [2.75, 3.05) is 13.2 Å². The molecule has 1 heterocycles. The van der Waals surface area contributed by atoms with Gasteiger partial charge in [0.2, 0.25) is 5.91 Å². The van der Waals surface area contributed by atoms with E-state index in [9.17, 15) is 4.79 Å². The Morgan fingerprint density at radius 2 is 1.86 bits per heavy atom. The van der Waals surface area contributed by atoms with Crippen molar-refractivity contribution in [3.8, 4) is 0 Å². The first kappa shape index (κ1) is 11.5. The van der Waals surface area contributed by atoms with Crippen molar-refractivity contribution in [3.05, 3.63) is 0 Å². The van der Waals surface area contributed by atoms with Gasteiger partial charge in [-0.25, -0.2) is 0 Å². The first-order valence-electron chi connectivity index (χ1n) is 5.03. The maximum absolute atomic E-state index is 11.8. The molecule has 1 fully saturated rings. The summed E-state index contributed by atoms with van der Waals surface area (Å²) in [4.78, 5) is 11.8. The molecule has 0 aromatic carbocycles. The van der Waals surface area contributed by atoms with E-state index in [2.05, 4.69) is 5.32 Å². The molecule has 0 atom stereocenters. The topological polar surface area (TPSA) is 64.4 Å². The summed E-state index contributed by atoms with van der Waals surface area (Å²) in [5, 5.41) is 2.91. The van der Waals surface area contributed by atoms with Gasteiger partial charge in [0.25, 0.3) is 0 Å². The molecule has 0 radical (unpaired) electrons. The Hall–Kier alpha value is -0.610. The largest absolute Gasteiger partial charge is 0.381 e. The quantitative estimate of drug-likeness (QED) is 0.644. The number of nitrogens with two attached hydrogens (primary N) is 1. The molecule has 0 aromatic heterocycles. The minimum atomic E-state index is -0.731. The molecule has 4 nitrogen and oxygen atoms in total. The van der Waals surface area contributed by atoms with E-state index in [0.29, 0.717) is 26.1 Å². The van der Waals surface area contributed by atoms with Gasteiger partial charge in [-0.1, -0.05) is 0 Å². The van der Waals surface area contributed by atoms with E-state index >= 15 is 0 Å². The number of amides is 1. The van der Waals surface area contributed by atoms with Crippen molar-refractivity contribution in [3.63, 3.8) is 0 Å². The molecule has 4 heteroatoms. The van der Waals surface area contributed by atoms with Crippen LogP contribution in [0.3, 0.4) is 0 Å². The summed E-state index contributed by atoms with van der Waals surface area (Å²) in [6.45, 7) is 7.01. The fourth-order valence-electron chi connectivity index (χ4n) is 1.43. The van der Waals surface area contributed by atoms with Crippen LogP contribution in [0.1, 0.15) is 33.6 Å². The highest BCUT2D eigenvalue weighted by Crippen LogP contribution is 2.18. The molecule has 0 aliphatic carbocycles. The van der Waals surface area contributed by atoms with Gasteiger partial charge in [-0.15, -0.1) is 0 Å². The highest BCUT2D eigenvalue weighted by Gasteiger charge is 2.37. The lowest BCUT2D eigenvalue weighted by Gasteiger charge is -2.34. The number of carbonyl (C=O) groups is 1. The summed E-state index contributed by atoms with van der Waals surface area (Å²) in [6.07, 6.45) is 1.21. The van der Waals surface area contributed by atoms with E-state index < -0.39 is 5.54 Å². The van der Waals surface area contributed by atoms with E-state index in [1.165, 1.54) is 0 Å². The molecule has 0 spiro atoms. The second-order valence-corrected chi connectivity index (χ2v) is 4.97. The zero-order valence-corrected chi connectivity index (χ0v) is 9.22. The third-order valence-corrected chi connectivity index (χ3v) is 2.33. The van der Waals surface area contributed by atoms with Crippen molar-refractivity contribution in [2.24, 2.45) is 5.73 Å². The average Bonchev–Trinajstić information content (AvgIpc) is 2.02. The Kier molecular flexibility index (Phi) is 3.17. The van der Waals surface area contributed by atoms with Crippen LogP contribution in [-0.2, 0) is 9.53 Å². The third kappa shape index (κ3) is 2.96. The Balaban J connectivity index is 2.58. The van der Waals surface area contributed by atoms with Crippen LogP contribution >= 0.6 is 0 Å². The lowest BCUT2D eigenvalue weighted by molar-refractivity contribution is -0.131. The van der Waals surface area contributed by atoms with Crippen LogP contribution in [0, 0.1) is 0 Å². The van der Waals surface area contributed by atoms with Crippen LogP contribution in [0.15, 0.2) is 0 Å². The molecule has 0 saturated carbocycles. The summed E-state index contributed by atoms with van der Waals surface area (Å²) in [6, 6.07) is 0. The molecule has 1 rings (SSSR count). The maximum atomic E-state index is 11.8. The summed E-state index contributed by atoms with van der Waals surface area (Å²) in [7, 11) is 0. The van der Waals surface area contributed by atoms with Gasteiger partial charge in [0.1, 0.15) is 0 Å². The van der Waals surface area contributed by atoms with Crippen molar-refractivity contribution in [1.29, 1.82) is 0 Å². The summed E-state index contributed by atoms with van der Waals surface area (Å²) in [5.41, 5.74) is 5.07. The zero-order chi connectivity index (χ0) is 10.8. The van der Waals surface area contributed by atoms with Gasteiger partial charge in [-0.2, -0.15) is 0 Å². The molecule has 82 valence electrons. The van der Waals surface area contributed by atoms with Crippen LogP contribution in [0.2, 0.25) is 0 Å². The summed E-state index contributed by atoms with van der Waals surface area (Å²) in [5.74, 6) is -0.0618. The van der Waals surface area contributed by atoms with Crippen LogP contribution in [0.5, 0.6) is 0 Å². The number of carbonyl (C=O) groups excluding carboxylic acids is 1. The molecule has 0 unspecified atom stereocenters. The fraction of sp³-hybridized carbons (Fsp3) is 0.900. The van der Waals surface area contributed by atoms with Gasteiger partial charge < -0.3 is 15.8 Å². The zero-order valence-electron chi connectivity index (χ0n) is 9.22. The van der Waals surface area contributed by atoms with Gasteiger partial charge in [0.15, 0.2) is 0 Å². The van der Waals surface area contributed by atoms with E-state index in [1.807, 2.05) is 20.8 Å². The second-order valence-electron chi connectivity index (χ2n) is 4.97. The van der Waals surface area contributed by atoms with Crippen LogP contribution in [0.25, 0.3) is 0 Å². The first-order valence-corrected chi connectivity index (χ1v) is 5.03. The molecule has 1 amide bonds.